The number of carbonyl (C=O) groups excluding carboxylic acids is 1. The molecule has 0 saturated heterocycles. The van der Waals surface area contributed by atoms with Crippen molar-refractivity contribution >= 4 is 17.3 Å². The van der Waals surface area contributed by atoms with E-state index in [1.165, 1.54) is 0 Å². The molecular weight excluding hydrogens is 264 g/mol. The Morgan fingerprint density at radius 3 is 2.43 bits per heavy atom. The number of hydrogen-bond acceptors (Lipinski definition) is 3. The summed E-state index contributed by atoms with van der Waals surface area (Å²) in [6.45, 7) is 3.86. The van der Waals surface area contributed by atoms with Gasteiger partial charge in [0.15, 0.2) is 0 Å². The second-order valence-corrected chi connectivity index (χ2v) is 5.04. The molecule has 2 aromatic carbocycles. The maximum absolute atomic E-state index is 12.2. The molecule has 110 valence electrons. The van der Waals surface area contributed by atoms with Gasteiger partial charge in [0.05, 0.1) is 13.5 Å². The molecule has 0 spiro atoms. The molecule has 0 bridgehead atoms. The van der Waals surface area contributed by atoms with Crippen LogP contribution in [0.4, 0.5) is 11.4 Å². The zero-order valence-corrected chi connectivity index (χ0v) is 12.6. The van der Waals surface area contributed by atoms with Gasteiger partial charge >= 0.3 is 0 Å². The van der Waals surface area contributed by atoms with Gasteiger partial charge in [-0.1, -0.05) is 18.2 Å². The number of aryl methyl sites for hydroxylation is 1. The van der Waals surface area contributed by atoms with E-state index >= 15 is 0 Å². The molecule has 21 heavy (non-hydrogen) atoms. The molecule has 2 rings (SSSR count). The third-order valence-corrected chi connectivity index (χ3v) is 3.50. The fourth-order valence-corrected chi connectivity index (χ4v) is 2.17. The fraction of sp³-hybridized carbons (Fsp3) is 0.235. The second kappa shape index (κ2) is 6.31. The van der Waals surface area contributed by atoms with Crippen molar-refractivity contribution in [2.75, 3.05) is 18.2 Å². The van der Waals surface area contributed by atoms with Gasteiger partial charge in [0.25, 0.3) is 0 Å². The Morgan fingerprint density at radius 2 is 1.81 bits per heavy atom. The zero-order valence-electron chi connectivity index (χ0n) is 12.6. The van der Waals surface area contributed by atoms with Gasteiger partial charge in [-0.2, -0.15) is 0 Å². The van der Waals surface area contributed by atoms with E-state index in [1.807, 2.05) is 50.2 Å². The van der Waals surface area contributed by atoms with E-state index in [4.69, 9.17) is 10.5 Å². The summed E-state index contributed by atoms with van der Waals surface area (Å²) in [5.74, 6) is 0.721. The highest BCUT2D eigenvalue weighted by Crippen LogP contribution is 2.25. The lowest BCUT2D eigenvalue weighted by Gasteiger charge is -2.13. The number of methoxy groups -OCH3 is 1. The number of nitrogen functional groups attached to an aromatic ring is 1. The summed E-state index contributed by atoms with van der Waals surface area (Å²) in [5, 5.41) is 2.95. The number of ether oxygens (including phenoxy) is 1. The average molecular weight is 284 g/mol. The van der Waals surface area contributed by atoms with Gasteiger partial charge in [-0.05, 0) is 48.7 Å². The van der Waals surface area contributed by atoms with E-state index in [0.29, 0.717) is 12.1 Å². The highest BCUT2D eigenvalue weighted by Gasteiger charge is 2.10. The Hall–Kier alpha value is -2.49. The van der Waals surface area contributed by atoms with Gasteiger partial charge in [0.2, 0.25) is 5.91 Å². The Kier molecular flexibility index (Phi) is 4.48. The lowest BCUT2D eigenvalue weighted by atomic mass is 10.1. The van der Waals surface area contributed by atoms with E-state index in [9.17, 15) is 4.79 Å². The zero-order chi connectivity index (χ0) is 15.4. The van der Waals surface area contributed by atoms with E-state index in [0.717, 1.165) is 28.1 Å². The minimum Gasteiger partial charge on any atom is -0.497 e. The van der Waals surface area contributed by atoms with Crippen LogP contribution in [0.2, 0.25) is 0 Å². The van der Waals surface area contributed by atoms with Crippen LogP contribution in [-0.2, 0) is 11.2 Å². The number of amides is 1. The van der Waals surface area contributed by atoms with Crippen LogP contribution in [0.15, 0.2) is 36.4 Å². The molecule has 0 atom stereocenters. The summed E-state index contributed by atoms with van der Waals surface area (Å²) >= 11 is 0. The fourth-order valence-electron chi connectivity index (χ4n) is 2.17. The van der Waals surface area contributed by atoms with Crippen LogP contribution in [-0.4, -0.2) is 13.0 Å². The molecular formula is C17H20N2O2. The number of anilines is 2. The minimum atomic E-state index is -0.0584. The van der Waals surface area contributed by atoms with Gasteiger partial charge in [0.1, 0.15) is 5.75 Å². The molecule has 0 aliphatic heterocycles. The van der Waals surface area contributed by atoms with Crippen molar-refractivity contribution in [1.29, 1.82) is 0 Å². The van der Waals surface area contributed by atoms with Crippen LogP contribution in [0, 0.1) is 13.8 Å². The number of rotatable bonds is 4. The van der Waals surface area contributed by atoms with Crippen molar-refractivity contribution in [1.82, 2.24) is 0 Å². The van der Waals surface area contributed by atoms with Crippen molar-refractivity contribution in [2.45, 2.75) is 20.3 Å². The maximum Gasteiger partial charge on any atom is 0.228 e. The molecule has 0 unspecified atom stereocenters. The Morgan fingerprint density at radius 1 is 1.14 bits per heavy atom. The minimum absolute atomic E-state index is 0.0584. The maximum atomic E-state index is 12.2. The first-order valence-corrected chi connectivity index (χ1v) is 6.79. The number of nitrogens with two attached hydrogens (primary N) is 1. The van der Waals surface area contributed by atoms with Gasteiger partial charge in [-0.25, -0.2) is 0 Å². The number of nitrogens with one attached hydrogen (secondary N) is 1. The first kappa shape index (κ1) is 14.9. The first-order valence-electron chi connectivity index (χ1n) is 6.79. The number of benzene rings is 2. The van der Waals surface area contributed by atoms with E-state index in [-0.39, 0.29) is 5.91 Å². The normalized spacial score (nSPS) is 10.2. The molecule has 0 aromatic heterocycles. The molecule has 0 heterocycles. The van der Waals surface area contributed by atoms with Crippen molar-refractivity contribution in [3.63, 3.8) is 0 Å². The molecule has 3 N–H and O–H groups in total. The van der Waals surface area contributed by atoms with E-state index in [1.54, 1.807) is 7.11 Å². The van der Waals surface area contributed by atoms with Crippen molar-refractivity contribution in [2.24, 2.45) is 0 Å². The topological polar surface area (TPSA) is 64.3 Å². The Balaban J connectivity index is 2.09. The van der Waals surface area contributed by atoms with Crippen LogP contribution in [0.5, 0.6) is 5.75 Å². The van der Waals surface area contributed by atoms with Crippen LogP contribution in [0.25, 0.3) is 0 Å². The second-order valence-electron chi connectivity index (χ2n) is 5.04. The highest BCUT2D eigenvalue weighted by molar-refractivity contribution is 5.94. The summed E-state index contributed by atoms with van der Waals surface area (Å²) in [7, 11) is 1.62. The molecule has 0 saturated carbocycles. The van der Waals surface area contributed by atoms with Crippen LogP contribution >= 0.6 is 0 Å². The van der Waals surface area contributed by atoms with Gasteiger partial charge in [-0.3, -0.25) is 4.79 Å². The predicted molar refractivity (Wildman–Crippen MR) is 85.7 cm³/mol. The van der Waals surface area contributed by atoms with Crippen LogP contribution < -0.4 is 15.8 Å². The van der Waals surface area contributed by atoms with Crippen molar-refractivity contribution in [3.05, 3.63) is 53.1 Å². The molecule has 0 radical (unpaired) electrons. The first-order chi connectivity index (χ1) is 10.0. The quantitative estimate of drug-likeness (QED) is 0.848. The molecule has 1 amide bonds. The van der Waals surface area contributed by atoms with Gasteiger partial charge < -0.3 is 15.8 Å². The molecule has 4 heteroatoms. The summed E-state index contributed by atoms with van der Waals surface area (Å²) in [5.41, 5.74) is 10.2. The summed E-state index contributed by atoms with van der Waals surface area (Å²) in [4.78, 5) is 12.2. The van der Waals surface area contributed by atoms with Crippen molar-refractivity contribution < 1.29 is 9.53 Å². The SMILES string of the molecule is COc1ccc(CC(=O)Nc2c(C)ccc(N)c2C)cc1. The largest absolute Gasteiger partial charge is 0.497 e. The van der Waals surface area contributed by atoms with Gasteiger partial charge in [0, 0.05) is 11.4 Å². The number of carbonyl (C=O) groups is 1. The third-order valence-electron chi connectivity index (χ3n) is 3.50. The van der Waals surface area contributed by atoms with Crippen LogP contribution in [0.1, 0.15) is 16.7 Å². The molecule has 0 aliphatic rings. The van der Waals surface area contributed by atoms with Gasteiger partial charge in [-0.15, -0.1) is 0 Å². The molecule has 2 aromatic rings. The Bertz CT molecular complexity index is 649. The smallest absolute Gasteiger partial charge is 0.228 e. The Labute approximate surface area is 124 Å². The molecule has 0 aliphatic carbocycles. The average Bonchev–Trinajstić information content (AvgIpc) is 2.48. The van der Waals surface area contributed by atoms with Crippen LogP contribution in [0.3, 0.4) is 0 Å². The molecule has 4 nitrogen and oxygen atoms in total. The molecule has 0 fully saturated rings. The van der Waals surface area contributed by atoms with E-state index in [2.05, 4.69) is 5.32 Å². The summed E-state index contributed by atoms with van der Waals surface area (Å²) in [6, 6.07) is 11.2. The van der Waals surface area contributed by atoms with E-state index < -0.39 is 0 Å². The lowest BCUT2D eigenvalue weighted by molar-refractivity contribution is -0.115. The predicted octanol–water partition coefficient (Wildman–Crippen LogP) is 3.08. The summed E-state index contributed by atoms with van der Waals surface area (Å²) in [6.07, 6.45) is 0.317. The van der Waals surface area contributed by atoms with Crippen molar-refractivity contribution in [3.8, 4) is 5.75 Å². The lowest BCUT2D eigenvalue weighted by Crippen LogP contribution is -2.16. The highest BCUT2D eigenvalue weighted by atomic mass is 16.5. The third kappa shape index (κ3) is 3.54. The summed E-state index contributed by atoms with van der Waals surface area (Å²) < 4.78 is 5.10. The number of hydrogen-bond donors (Lipinski definition) is 2. The standard InChI is InChI=1S/C17H20N2O2/c1-11-4-9-15(18)12(2)17(11)19-16(20)10-13-5-7-14(21-3)8-6-13/h4-9H,10,18H2,1-3H3,(H,19,20). The monoisotopic (exact) mass is 284 g/mol.